The molecule has 16 heavy (non-hydrogen) atoms. The molecule has 0 radical (unpaired) electrons. The van der Waals surface area contributed by atoms with Crippen LogP contribution in [0.15, 0.2) is 0 Å². The number of likely N-dealkylation sites (tertiary alicyclic amines) is 1. The Hall–Kier alpha value is -0.330. The van der Waals surface area contributed by atoms with Crippen molar-refractivity contribution in [3.8, 4) is 0 Å². The van der Waals surface area contributed by atoms with E-state index in [9.17, 15) is 13.2 Å². The van der Waals surface area contributed by atoms with Crippen LogP contribution in [0, 0.1) is 0 Å². The fourth-order valence-electron chi connectivity index (χ4n) is 2.15. The summed E-state index contributed by atoms with van der Waals surface area (Å²) in [6, 6.07) is 0.0933. The van der Waals surface area contributed by atoms with Crippen molar-refractivity contribution in [2.75, 3.05) is 19.6 Å². The van der Waals surface area contributed by atoms with Crippen molar-refractivity contribution < 1.29 is 18.3 Å². The lowest BCUT2D eigenvalue weighted by molar-refractivity contribution is -0.210. The summed E-state index contributed by atoms with van der Waals surface area (Å²) in [4.78, 5) is 1.72. The zero-order valence-electron chi connectivity index (χ0n) is 9.21. The standard InChI is InChI=1S/C10H19F3N2O/c11-10(12,13)9(16)7-15-6-2-1-3-8(15)4-5-14/h8-9,16H,1-7,14H2. The van der Waals surface area contributed by atoms with E-state index in [2.05, 4.69) is 0 Å². The van der Waals surface area contributed by atoms with Gasteiger partial charge in [0.25, 0.3) is 0 Å². The molecule has 2 atom stereocenters. The zero-order chi connectivity index (χ0) is 12.2. The molecule has 1 aliphatic heterocycles. The van der Waals surface area contributed by atoms with E-state index in [1.807, 2.05) is 0 Å². The van der Waals surface area contributed by atoms with Gasteiger partial charge < -0.3 is 10.8 Å². The number of nitrogens with two attached hydrogens (primary N) is 1. The lowest BCUT2D eigenvalue weighted by Crippen LogP contribution is -2.48. The molecular formula is C10H19F3N2O. The summed E-state index contributed by atoms with van der Waals surface area (Å²) in [5.41, 5.74) is 5.43. The molecule has 1 heterocycles. The number of hydrogen-bond acceptors (Lipinski definition) is 3. The summed E-state index contributed by atoms with van der Waals surface area (Å²) < 4.78 is 36.6. The fraction of sp³-hybridized carbons (Fsp3) is 1.00. The van der Waals surface area contributed by atoms with Gasteiger partial charge in [-0.1, -0.05) is 6.42 Å². The van der Waals surface area contributed by atoms with Crippen LogP contribution in [-0.2, 0) is 0 Å². The predicted octanol–water partition coefficient (Wildman–Crippen LogP) is 1.11. The molecule has 1 rings (SSSR count). The van der Waals surface area contributed by atoms with Crippen LogP contribution >= 0.6 is 0 Å². The minimum atomic E-state index is -4.52. The van der Waals surface area contributed by atoms with E-state index in [0.717, 1.165) is 19.3 Å². The van der Waals surface area contributed by atoms with Gasteiger partial charge in [-0.2, -0.15) is 13.2 Å². The molecule has 1 saturated heterocycles. The van der Waals surface area contributed by atoms with Crippen molar-refractivity contribution in [2.45, 2.75) is 44.0 Å². The Morgan fingerprint density at radius 2 is 2.06 bits per heavy atom. The quantitative estimate of drug-likeness (QED) is 0.774. The molecule has 2 unspecified atom stereocenters. The van der Waals surface area contributed by atoms with Crippen LogP contribution in [-0.4, -0.2) is 48.0 Å². The third kappa shape index (κ3) is 3.92. The van der Waals surface area contributed by atoms with Gasteiger partial charge in [0.15, 0.2) is 6.10 Å². The minimum Gasteiger partial charge on any atom is -0.382 e. The Morgan fingerprint density at radius 1 is 1.38 bits per heavy atom. The van der Waals surface area contributed by atoms with Gasteiger partial charge in [-0.3, -0.25) is 4.90 Å². The first-order valence-corrected chi connectivity index (χ1v) is 5.64. The Labute approximate surface area is 93.4 Å². The van der Waals surface area contributed by atoms with Gasteiger partial charge in [0, 0.05) is 12.6 Å². The molecule has 0 spiro atoms. The van der Waals surface area contributed by atoms with Gasteiger partial charge in [0.2, 0.25) is 0 Å². The second-order valence-electron chi connectivity index (χ2n) is 4.28. The molecule has 0 aliphatic carbocycles. The summed E-state index contributed by atoms with van der Waals surface area (Å²) in [5, 5.41) is 9.03. The first-order valence-electron chi connectivity index (χ1n) is 5.64. The number of aliphatic hydroxyl groups is 1. The lowest BCUT2D eigenvalue weighted by Gasteiger charge is -2.37. The molecular weight excluding hydrogens is 221 g/mol. The van der Waals surface area contributed by atoms with Crippen LogP contribution in [0.4, 0.5) is 13.2 Å². The van der Waals surface area contributed by atoms with Gasteiger partial charge in [0.1, 0.15) is 0 Å². The average molecular weight is 240 g/mol. The molecule has 1 aliphatic rings. The summed E-state index contributed by atoms with van der Waals surface area (Å²) >= 11 is 0. The van der Waals surface area contributed by atoms with Crippen molar-refractivity contribution in [2.24, 2.45) is 5.73 Å². The highest BCUT2D eigenvalue weighted by molar-refractivity contribution is 4.81. The van der Waals surface area contributed by atoms with Crippen LogP contribution < -0.4 is 5.73 Å². The van der Waals surface area contributed by atoms with Crippen molar-refractivity contribution >= 4 is 0 Å². The highest BCUT2D eigenvalue weighted by Gasteiger charge is 2.40. The van der Waals surface area contributed by atoms with Gasteiger partial charge in [0.05, 0.1) is 0 Å². The highest BCUT2D eigenvalue weighted by Crippen LogP contribution is 2.25. The predicted molar refractivity (Wildman–Crippen MR) is 54.9 cm³/mol. The van der Waals surface area contributed by atoms with E-state index >= 15 is 0 Å². The van der Waals surface area contributed by atoms with Crippen LogP contribution in [0.2, 0.25) is 0 Å². The van der Waals surface area contributed by atoms with Crippen LogP contribution in [0.1, 0.15) is 25.7 Å². The van der Waals surface area contributed by atoms with Gasteiger partial charge in [-0.05, 0) is 32.4 Å². The second kappa shape index (κ2) is 5.84. The smallest absolute Gasteiger partial charge is 0.382 e. The van der Waals surface area contributed by atoms with E-state index in [-0.39, 0.29) is 12.6 Å². The van der Waals surface area contributed by atoms with Crippen molar-refractivity contribution in [1.29, 1.82) is 0 Å². The number of nitrogens with zero attached hydrogens (tertiary/aromatic N) is 1. The Kier molecular flexibility index (Phi) is 5.01. The highest BCUT2D eigenvalue weighted by atomic mass is 19.4. The molecule has 96 valence electrons. The Morgan fingerprint density at radius 3 is 2.62 bits per heavy atom. The number of alkyl halides is 3. The molecule has 1 fully saturated rings. The number of halogens is 3. The van der Waals surface area contributed by atoms with Crippen LogP contribution in [0.3, 0.4) is 0 Å². The average Bonchev–Trinajstić information content (AvgIpc) is 2.20. The van der Waals surface area contributed by atoms with Crippen LogP contribution in [0.25, 0.3) is 0 Å². The Bertz CT molecular complexity index is 209. The third-order valence-electron chi connectivity index (χ3n) is 3.03. The first kappa shape index (κ1) is 13.7. The van der Waals surface area contributed by atoms with Gasteiger partial charge in [-0.15, -0.1) is 0 Å². The maximum atomic E-state index is 12.2. The third-order valence-corrected chi connectivity index (χ3v) is 3.03. The SMILES string of the molecule is NCCC1CCCCN1CC(O)C(F)(F)F. The Balaban J connectivity index is 2.49. The van der Waals surface area contributed by atoms with Crippen molar-refractivity contribution in [1.82, 2.24) is 4.90 Å². The molecule has 3 nitrogen and oxygen atoms in total. The van der Waals surface area contributed by atoms with E-state index in [0.29, 0.717) is 19.5 Å². The minimum absolute atomic E-state index is 0.0933. The monoisotopic (exact) mass is 240 g/mol. The largest absolute Gasteiger partial charge is 0.415 e. The molecule has 0 aromatic carbocycles. The topological polar surface area (TPSA) is 49.5 Å². The van der Waals surface area contributed by atoms with E-state index in [1.165, 1.54) is 0 Å². The number of aliphatic hydroxyl groups excluding tert-OH is 1. The maximum absolute atomic E-state index is 12.2. The normalized spacial score (nSPS) is 25.7. The molecule has 0 aromatic rings. The van der Waals surface area contributed by atoms with Crippen molar-refractivity contribution in [3.63, 3.8) is 0 Å². The van der Waals surface area contributed by atoms with E-state index in [4.69, 9.17) is 10.8 Å². The summed E-state index contributed by atoms with van der Waals surface area (Å²) in [6.07, 6.45) is -3.27. The van der Waals surface area contributed by atoms with Gasteiger partial charge >= 0.3 is 6.18 Å². The number of β-amino-alcohol motifs (C(OH)–C–C–N with tert-alkyl or cyclic N) is 1. The molecule has 0 saturated carbocycles. The lowest BCUT2D eigenvalue weighted by atomic mass is 9.99. The second-order valence-corrected chi connectivity index (χ2v) is 4.28. The van der Waals surface area contributed by atoms with Crippen molar-refractivity contribution in [3.05, 3.63) is 0 Å². The molecule has 0 bridgehead atoms. The molecule has 0 amide bonds. The number of rotatable bonds is 4. The van der Waals surface area contributed by atoms with Gasteiger partial charge in [-0.25, -0.2) is 0 Å². The van der Waals surface area contributed by atoms with Crippen LogP contribution in [0.5, 0.6) is 0 Å². The summed E-state index contributed by atoms with van der Waals surface area (Å²) in [6.45, 7) is 0.773. The molecule has 6 heteroatoms. The van der Waals surface area contributed by atoms with E-state index < -0.39 is 12.3 Å². The number of piperidine rings is 1. The summed E-state index contributed by atoms with van der Waals surface area (Å²) in [7, 11) is 0. The number of hydrogen-bond donors (Lipinski definition) is 2. The molecule has 3 N–H and O–H groups in total. The maximum Gasteiger partial charge on any atom is 0.415 e. The molecule has 0 aromatic heterocycles. The zero-order valence-corrected chi connectivity index (χ0v) is 9.21. The summed E-state index contributed by atoms with van der Waals surface area (Å²) in [5.74, 6) is 0. The first-order chi connectivity index (χ1) is 7.45. The fourth-order valence-corrected chi connectivity index (χ4v) is 2.15. The van der Waals surface area contributed by atoms with E-state index in [1.54, 1.807) is 4.90 Å².